The highest BCUT2D eigenvalue weighted by molar-refractivity contribution is 5.84. The van der Waals surface area contributed by atoms with Crippen LogP contribution in [-0.2, 0) is 4.79 Å². The molecule has 2 atom stereocenters. The number of carbonyl (C=O) groups is 1. The number of rotatable bonds is 7. The van der Waals surface area contributed by atoms with Gasteiger partial charge in [-0.2, -0.15) is 0 Å². The minimum absolute atomic E-state index is 0.00148. The third kappa shape index (κ3) is 3.34. The number of carbonyl (C=O) groups excluding carboxylic acids is 1. The molecular weight excluding hydrogens is 250 g/mol. The molecule has 1 saturated heterocycles. The smallest absolute Gasteiger partial charge is 0.241 e. The van der Waals surface area contributed by atoms with Crippen LogP contribution in [-0.4, -0.2) is 53.6 Å². The lowest BCUT2D eigenvalue weighted by Crippen LogP contribution is -2.45. The minimum atomic E-state index is -0.00148. The molecule has 2 aliphatic rings. The van der Waals surface area contributed by atoms with Gasteiger partial charge in [0.2, 0.25) is 5.91 Å². The highest BCUT2D eigenvalue weighted by Gasteiger charge is 2.41. The van der Waals surface area contributed by atoms with Crippen LogP contribution in [0.2, 0.25) is 0 Å². The van der Waals surface area contributed by atoms with E-state index in [4.69, 9.17) is 0 Å². The van der Waals surface area contributed by atoms with Gasteiger partial charge in [-0.3, -0.25) is 15.0 Å². The van der Waals surface area contributed by atoms with E-state index in [2.05, 4.69) is 49.7 Å². The van der Waals surface area contributed by atoms with E-state index in [1.54, 1.807) is 0 Å². The predicted molar refractivity (Wildman–Crippen MR) is 82.4 cm³/mol. The maximum absolute atomic E-state index is 12.6. The number of nitrogens with one attached hydrogen (secondary N) is 1. The van der Waals surface area contributed by atoms with E-state index in [0.717, 1.165) is 25.7 Å². The molecule has 2 unspecified atom stereocenters. The van der Waals surface area contributed by atoms with Crippen molar-refractivity contribution >= 4 is 5.91 Å². The Morgan fingerprint density at radius 3 is 2.35 bits per heavy atom. The number of amides is 1. The molecule has 2 rings (SSSR count). The first-order valence-electron chi connectivity index (χ1n) is 8.26. The molecule has 116 valence electrons. The van der Waals surface area contributed by atoms with Gasteiger partial charge in [0.1, 0.15) is 0 Å². The van der Waals surface area contributed by atoms with Gasteiger partial charge in [0, 0.05) is 19.1 Å². The first-order valence-corrected chi connectivity index (χ1v) is 8.26. The molecule has 20 heavy (non-hydrogen) atoms. The Kier molecular flexibility index (Phi) is 5.08. The zero-order chi connectivity index (χ0) is 14.9. The molecule has 0 spiro atoms. The summed E-state index contributed by atoms with van der Waals surface area (Å²) in [7, 11) is 0. The number of hydrogen-bond acceptors (Lipinski definition) is 3. The molecule has 0 radical (unpaired) electrons. The summed E-state index contributed by atoms with van der Waals surface area (Å²) in [6.07, 6.45) is 2.87. The van der Waals surface area contributed by atoms with E-state index < -0.39 is 0 Å². The molecule has 1 amide bonds. The summed E-state index contributed by atoms with van der Waals surface area (Å²) in [5, 5.41) is 3.53. The summed E-state index contributed by atoms with van der Waals surface area (Å²) >= 11 is 0. The zero-order valence-corrected chi connectivity index (χ0v) is 13.7. The van der Waals surface area contributed by atoms with Crippen LogP contribution in [0.4, 0.5) is 0 Å². The number of nitrogens with zero attached hydrogens (tertiary/aromatic N) is 2. The van der Waals surface area contributed by atoms with Crippen molar-refractivity contribution in [2.24, 2.45) is 11.8 Å². The van der Waals surface area contributed by atoms with E-state index in [-0.39, 0.29) is 12.2 Å². The fraction of sp³-hybridized carbons (Fsp3) is 0.938. The van der Waals surface area contributed by atoms with Crippen LogP contribution >= 0.6 is 0 Å². The Morgan fingerprint density at radius 1 is 1.25 bits per heavy atom. The lowest BCUT2D eigenvalue weighted by molar-refractivity contribution is -0.131. The van der Waals surface area contributed by atoms with Crippen LogP contribution in [0.5, 0.6) is 0 Å². The van der Waals surface area contributed by atoms with Gasteiger partial charge in [-0.25, -0.2) is 0 Å². The van der Waals surface area contributed by atoms with Gasteiger partial charge in [0.05, 0.1) is 12.2 Å². The van der Waals surface area contributed by atoms with Crippen LogP contribution in [0.3, 0.4) is 0 Å². The van der Waals surface area contributed by atoms with Crippen molar-refractivity contribution in [3.63, 3.8) is 0 Å². The maximum atomic E-state index is 12.6. The van der Waals surface area contributed by atoms with Crippen LogP contribution < -0.4 is 5.32 Å². The fourth-order valence-corrected chi connectivity index (χ4v) is 3.21. The highest BCUT2D eigenvalue weighted by Crippen LogP contribution is 2.27. The molecular formula is C16H31N3O. The van der Waals surface area contributed by atoms with Crippen molar-refractivity contribution in [2.45, 2.75) is 65.7 Å². The highest BCUT2D eigenvalue weighted by atomic mass is 16.2. The quantitative estimate of drug-likeness (QED) is 0.774. The monoisotopic (exact) mass is 281 g/mol. The van der Waals surface area contributed by atoms with E-state index in [1.807, 2.05) is 0 Å². The number of hydrogen-bond donors (Lipinski definition) is 1. The summed E-state index contributed by atoms with van der Waals surface area (Å²) < 4.78 is 0. The van der Waals surface area contributed by atoms with Gasteiger partial charge in [-0.1, -0.05) is 34.6 Å². The molecule has 4 heteroatoms. The summed E-state index contributed by atoms with van der Waals surface area (Å²) in [6, 6.07) is 0.780. The second-order valence-electron chi connectivity index (χ2n) is 6.97. The van der Waals surface area contributed by atoms with E-state index in [9.17, 15) is 4.79 Å². The van der Waals surface area contributed by atoms with E-state index >= 15 is 0 Å². The summed E-state index contributed by atoms with van der Waals surface area (Å²) in [5.74, 6) is 1.11. The van der Waals surface area contributed by atoms with Crippen molar-refractivity contribution < 1.29 is 4.79 Å². The van der Waals surface area contributed by atoms with Crippen LogP contribution in [0.1, 0.15) is 47.5 Å². The van der Waals surface area contributed by atoms with Gasteiger partial charge >= 0.3 is 0 Å². The Morgan fingerprint density at radius 2 is 1.90 bits per heavy atom. The summed E-state index contributed by atoms with van der Waals surface area (Å²) in [5.41, 5.74) is 0. The lowest BCUT2D eigenvalue weighted by atomic mass is 10.0. The molecule has 4 nitrogen and oxygen atoms in total. The molecule has 1 heterocycles. The molecule has 1 aliphatic heterocycles. The second-order valence-corrected chi connectivity index (χ2v) is 6.97. The topological polar surface area (TPSA) is 35.6 Å². The first-order chi connectivity index (χ1) is 9.45. The van der Waals surface area contributed by atoms with Crippen molar-refractivity contribution in [3.05, 3.63) is 0 Å². The Labute approximate surface area is 123 Å². The largest absolute Gasteiger partial charge is 0.324 e. The van der Waals surface area contributed by atoms with E-state index in [0.29, 0.717) is 17.7 Å². The van der Waals surface area contributed by atoms with Crippen molar-refractivity contribution in [1.29, 1.82) is 0 Å². The SMILES string of the molecule is CCN(CCN1C(=O)C(C(C)C)NC1C(C)C)C1CC1. The number of likely N-dealkylation sites (N-methyl/N-ethyl adjacent to an activating group) is 1. The van der Waals surface area contributed by atoms with E-state index in [1.165, 1.54) is 12.8 Å². The minimum Gasteiger partial charge on any atom is -0.324 e. The molecule has 1 saturated carbocycles. The molecule has 2 fully saturated rings. The Balaban J connectivity index is 1.97. The van der Waals surface area contributed by atoms with Gasteiger partial charge in [0.15, 0.2) is 0 Å². The first kappa shape index (κ1) is 15.8. The Hall–Kier alpha value is -0.610. The zero-order valence-electron chi connectivity index (χ0n) is 13.7. The maximum Gasteiger partial charge on any atom is 0.241 e. The third-order valence-electron chi connectivity index (χ3n) is 4.63. The Bertz CT molecular complexity index is 339. The summed E-state index contributed by atoms with van der Waals surface area (Å²) in [4.78, 5) is 17.2. The van der Waals surface area contributed by atoms with Crippen LogP contribution in [0.15, 0.2) is 0 Å². The van der Waals surface area contributed by atoms with Gasteiger partial charge in [0.25, 0.3) is 0 Å². The standard InChI is InChI=1S/C16H31N3O/c1-6-18(13-7-8-13)9-10-19-15(12(4)5)17-14(11(2)3)16(19)20/h11-15,17H,6-10H2,1-5H3. The van der Waals surface area contributed by atoms with Gasteiger partial charge < -0.3 is 4.90 Å². The van der Waals surface area contributed by atoms with Crippen LogP contribution in [0, 0.1) is 11.8 Å². The predicted octanol–water partition coefficient (Wildman–Crippen LogP) is 1.91. The fourth-order valence-electron chi connectivity index (χ4n) is 3.21. The third-order valence-corrected chi connectivity index (χ3v) is 4.63. The molecule has 1 N–H and O–H groups in total. The van der Waals surface area contributed by atoms with Crippen molar-refractivity contribution in [2.75, 3.05) is 19.6 Å². The molecule has 0 aromatic carbocycles. The van der Waals surface area contributed by atoms with Gasteiger partial charge in [-0.05, 0) is 31.2 Å². The van der Waals surface area contributed by atoms with Crippen LogP contribution in [0.25, 0.3) is 0 Å². The molecule has 1 aliphatic carbocycles. The lowest BCUT2D eigenvalue weighted by Gasteiger charge is -2.30. The van der Waals surface area contributed by atoms with Crippen molar-refractivity contribution in [3.8, 4) is 0 Å². The van der Waals surface area contributed by atoms with Gasteiger partial charge in [-0.15, -0.1) is 0 Å². The second kappa shape index (κ2) is 6.44. The van der Waals surface area contributed by atoms with Crippen molar-refractivity contribution in [1.82, 2.24) is 15.1 Å². The molecule has 0 aromatic rings. The average Bonchev–Trinajstić information content (AvgIpc) is 3.15. The summed E-state index contributed by atoms with van der Waals surface area (Å²) in [6.45, 7) is 13.8. The molecule has 0 aromatic heterocycles. The molecule has 0 bridgehead atoms. The normalized spacial score (nSPS) is 27.4. The average molecular weight is 281 g/mol.